The molecule has 4 aromatic rings. The highest BCUT2D eigenvalue weighted by Crippen LogP contribution is 2.35. The fraction of sp³-hybridized carbons (Fsp3) is 0.206. The van der Waals surface area contributed by atoms with Gasteiger partial charge in [-0.05, 0) is 43.3 Å². The molecular weight excluding hydrogens is 580 g/mol. The van der Waals surface area contributed by atoms with E-state index in [1.807, 2.05) is 0 Å². The topological polar surface area (TPSA) is 132 Å². The van der Waals surface area contributed by atoms with Crippen molar-refractivity contribution in [3.05, 3.63) is 125 Å². The molecule has 0 amide bonds. The minimum Gasteiger partial charge on any atom is -0.464 e. The third-order valence-electron chi connectivity index (χ3n) is 6.81. The van der Waals surface area contributed by atoms with Gasteiger partial charge in [0, 0.05) is 6.20 Å². The van der Waals surface area contributed by atoms with Crippen molar-refractivity contribution in [3.63, 3.8) is 0 Å². The van der Waals surface area contributed by atoms with Gasteiger partial charge in [-0.25, -0.2) is 23.9 Å². The van der Waals surface area contributed by atoms with E-state index in [0.717, 1.165) is 0 Å². The molecule has 1 fully saturated rings. The van der Waals surface area contributed by atoms with Crippen LogP contribution in [0.25, 0.3) is 0 Å². The van der Waals surface area contributed by atoms with Crippen LogP contribution >= 0.6 is 0 Å². The number of methoxy groups -OCH3 is 1. The second-order valence-electron chi connectivity index (χ2n) is 9.74. The van der Waals surface area contributed by atoms with Crippen LogP contribution in [0, 0.1) is 11.8 Å². The summed E-state index contributed by atoms with van der Waals surface area (Å²) in [6.07, 6.45) is -3.49. The molecule has 1 aliphatic rings. The standard InChI is InChI=1S/C34H28N2O9/c1-3-13-25-20-36(35-27(25)34(40)41-2)30-29(45-33(39)24-18-11-6-12-19-24)28(44-32(38)23-16-9-5-10-17-23)26(43-30)21-42-31(37)22-14-7-4-8-15-22/h4-12,14-20,26,28-30H,21H2,1-2H3/t26-,28-,29-,30-/m1/s1. The van der Waals surface area contributed by atoms with E-state index in [2.05, 4.69) is 16.9 Å². The van der Waals surface area contributed by atoms with E-state index in [1.165, 1.54) is 18.0 Å². The molecule has 11 nitrogen and oxygen atoms in total. The highest BCUT2D eigenvalue weighted by atomic mass is 16.7. The minimum absolute atomic E-state index is 0.0969. The Morgan fingerprint density at radius 2 is 1.27 bits per heavy atom. The SMILES string of the molecule is CC#Cc1cn([C@@H]2O[C@H](COC(=O)c3ccccc3)[C@@H](OC(=O)c3ccccc3)[C@H]2OC(=O)c2ccccc2)nc1C(=O)OC. The first-order chi connectivity index (χ1) is 21.9. The first kappa shape index (κ1) is 30.7. The maximum atomic E-state index is 13.3. The Bertz CT molecular complexity index is 1730. The number of hydrogen-bond donors (Lipinski definition) is 0. The molecule has 1 aromatic heterocycles. The van der Waals surface area contributed by atoms with E-state index >= 15 is 0 Å². The smallest absolute Gasteiger partial charge is 0.359 e. The number of hydrogen-bond acceptors (Lipinski definition) is 10. The van der Waals surface area contributed by atoms with Gasteiger partial charge in [-0.2, -0.15) is 5.10 Å². The maximum Gasteiger partial charge on any atom is 0.359 e. The third kappa shape index (κ3) is 7.09. The van der Waals surface area contributed by atoms with Gasteiger partial charge in [0.15, 0.2) is 24.1 Å². The zero-order valence-corrected chi connectivity index (χ0v) is 24.3. The second kappa shape index (κ2) is 14.2. The lowest BCUT2D eigenvalue weighted by Crippen LogP contribution is -2.41. The summed E-state index contributed by atoms with van der Waals surface area (Å²) in [5, 5.41) is 4.34. The Hall–Kier alpha value is -5.73. The number of carbonyl (C=O) groups is 4. The summed E-state index contributed by atoms with van der Waals surface area (Å²) >= 11 is 0. The molecule has 1 aliphatic heterocycles. The number of nitrogens with zero attached hydrogens (tertiary/aromatic N) is 2. The van der Waals surface area contributed by atoms with Gasteiger partial charge >= 0.3 is 23.9 Å². The van der Waals surface area contributed by atoms with E-state index in [9.17, 15) is 19.2 Å². The lowest BCUT2D eigenvalue weighted by atomic mass is 10.1. The van der Waals surface area contributed by atoms with Crippen LogP contribution in [0.5, 0.6) is 0 Å². The molecule has 0 spiro atoms. The number of benzene rings is 3. The van der Waals surface area contributed by atoms with Crippen molar-refractivity contribution in [2.24, 2.45) is 0 Å². The van der Waals surface area contributed by atoms with Gasteiger partial charge in [0.2, 0.25) is 0 Å². The molecule has 1 saturated heterocycles. The average Bonchev–Trinajstić information content (AvgIpc) is 3.65. The summed E-state index contributed by atoms with van der Waals surface area (Å²) in [5.41, 5.74) is 0.908. The van der Waals surface area contributed by atoms with Gasteiger partial charge in [-0.3, -0.25) is 0 Å². The Kier molecular flexibility index (Phi) is 9.67. The van der Waals surface area contributed by atoms with Crippen molar-refractivity contribution < 1.29 is 42.9 Å². The van der Waals surface area contributed by atoms with Gasteiger partial charge in [0.05, 0.1) is 29.4 Å². The zero-order valence-electron chi connectivity index (χ0n) is 24.3. The van der Waals surface area contributed by atoms with Gasteiger partial charge in [-0.1, -0.05) is 60.5 Å². The van der Waals surface area contributed by atoms with Gasteiger partial charge in [-0.15, -0.1) is 5.92 Å². The Morgan fingerprint density at radius 1 is 0.756 bits per heavy atom. The van der Waals surface area contributed by atoms with Crippen molar-refractivity contribution in [2.75, 3.05) is 13.7 Å². The Morgan fingerprint density at radius 3 is 1.78 bits per heavy atom. The average molecular weight is 609 g/mol. The van der Waals surface area contributed by atoms with Crippen LogP contribution in [0.1, 0.15) is 60.3 Å². The summed E-state index contributed by atoms with van der Waals surface area (Å²) in [7, 11) is 1.21. The van der Waals surface area contributed by atoms with Crippen molar-refractivity contribution in [1.29, 1.82) is 0 Å². The predicted octanol–water partition coefficient (Wildman–Crippen LogP) is 4.25. The molecule has 11 heteroatoms. The van der Waals surface area contributed by atoms with Crippen LogP contribution in [0.15, 0.2) is 97.2 Å². The van der Waals surface area contributed by atoms with E-state index in [1.54, 1.807) is 97.9 Å². The summed E-state index contributed by atoms with van der Waals surface area (Å²) in [6.45, 7) is 1.22. The second-order valence-corrected chi connectivity index (χ2v) is 9.74. The number of carbonyl (C=O) groups excluding carboxylic acids is 4. The first-order valence-corrected chi connectivity index (χ1v) is 13.9. The maximum absolute atomic E-state index is 13.3. The molecule has 0 unspecified atom stereocenters. The highest BCUT2D eigenvalue weighted by molar-refractivity contribution is 5.91. The van der Waals surface area contributed by atoms with Crippen molar-refractivity contribution >= 4 is 23.9 Å². The van der Waals surface area contributed by atoms with Crippen LogP contribution < -0.4 is 0 Å². The number of esters is 4. The molecule has 3 aromatic carbocycles. The summed E-state index contributed by atoms with van der Waals surface area (Å²) in [6, 6.07) is 24.8. The molecule has 0 bridgehead atoms. The fourth-order valence-corrected chi connectivity index (χ4v) is 4.67. The van der Waals surface area contributed by atoms with Crippen LogP contribution in [0.2, 0.25) is 0 Å². The lowest BCUT2D eigenvalue weighted by molar-refractivity contribution is -0.0672. The number of rotatable bonds is 9. The third-order valence-corrected chi connectivity index (χ3v) is 6.81. The molecular formula is C34H28N2O9. The van der Waals surface area contributed by atoms with E-state index in [0.29, 0.717) is 5.56 Å². The predicted molar refractivity (Wildman–Crippen MR) is 158 cm³/mol. The molecule has 0 radical (unpaired) electrons. The summed E-state index contributed by atoms with van der Waals surface area (Å²) in [4.78, 5) is 52.0. The van der Waals surface area contributed by atoms with Crippen molar-refractivity contribution in [3.8, 4) is 11.8 Å². The molecule has 45 heavy (non-hydrogen) atoms. The Balaban J connectivity index is 1.53. The molecule has 228 valence electrons. The molecule has 2 heterocycles. The quantitative estimate of drug-likeness (QED) is 0.154. The van der Waals surface area contributed by atoms with Gasteiger partial charge in [0.1, 0.15) is 12.7 Å². The molecule has 0 aliphatic carbocycles. The number of ether oxygens (including phenoxy) is 5. The first-order valence-electron chi connectivity index (χ1n) is 13.9. The zero-order chi connectivity index (χ0) is 31.8. The van der Waals surface area contributed by atoms with E-state index < -0.39 is 48.4 Å². The molecule has 0 saturated carbocycles. The largest absolute Gasteiger partial charge is 0.464 e. The molecule has 4 atom stereocenters. The van der Waals surface area contributed by atoms with Crippen LogP contribution in [0.3, 0.4) is 0 Å². The highest BCUT2D eigenvalue weighted by Gasteiger charge is 2.52. The normalized spacial score (nSPS) is 18.6. The van der Waals surface area contributed by atoms with Crippen LogP contribution in [0.4, 0.5) is 0 Å². The monoisotopic (exact) mass is 608 g/mol. The van der Waals surface area contributed by atoms with E-state index in [4.69, 9.17) is 23.7 Å². The molecule has 0 N–H and O–H groups in total. The Labute approximate surface area is 258 Å². The number of aromatic nitrogens is 2. The van der Waals surface area contributed by atoms with Gasteiger partial charge < -0.3 is 23.7 Å². The summed E-state index contributed by atoms with van der Waals surface area (Å²) < 4.78 is 29.8. The van der Waals surface area contributed by atoms with Gasteiger partial charge in [0.25, 0.3) is 0 Å². The van der Waals surface area contributed by atoms with Crippen LogP contribution in [-0.4, -0.2) is 65.7 Å². The lowest BCUT2D eigenvalue weighted by Gasteiger charge is -2.24. The van der Waals surface area contributed by atoms with Crippen molar-refractivity contribution in [2.45, 2.75) is 31.5 Å². The summed E-state index contributed by atoms with van der Waals surface area (Å²) in [5.74, 6) is 2.68. The van der Waals surface area contributed by atoms with Crippen molar-refractivity contribution in [1.82, 2.24) is 9.78 Å². The fourth-order valence-electron chi connectivity index (χ4n) is 4.67. The minimum atomic E-state index is -1.31. The van der Waals surface area contributed by atoms with E-state index in [-0.39, 0.29) is 29.0 Å². The van der Waals surface area contributed by atoms with Crippen LogP contribution in [-0.2, 0) is 23.7 Å². The molecule has 5 rings (SSSR count).